The van der Waals surface area contributed by atoms with Crippen LogP contribution in [0, 0.1) is 5.41 Å². The minimum absolute atomic E-state index is 0.467. The first-order chi connectivity index (χ1) is 8.02. The van der Waals surface area contributed by atoms with Gasteiger partial charge in [-0.3, -0.25) is 4.79 Å². The van der Waals surface area contributed by atoms with E-state index in [0.29, 0.717) is 12.6 Å². The maximum absolute atomic E-state index is 11.6. The molecule has 3 heteroatoms. The third-order valence-corrected chi connectivity index (χ3v) is 4.41. The fourth-order valence-corrected chi connectivity index (χ4v) is 2.79. The van der Waals surface area contributed by atoms with Crippen molar-refractivity contribution >= 4 is 5.97 Å². The smallest absolute Gasteiger partial charge is 0.310 e. The molecule has 0 bridgehead atoms. The Labute approximate surface area is 105 Å². The van der Waals surface area contributed by atoms with Gasteiger partial charge >= 0.3 is 5.97 Å². The van der Waals surface area contributed by atoms with Gasteiger partial charge < -0.3 is 10.0 Å². The van der Waals surface area contributed by atoms with Gasteiger partial charge in [0.25, 0.3) is 0 Å². The molecule has 0 aliphatic heterocycles. The fraction of sp³-hybridized carbons (Fsp3) is 0.929. The van der Waals surface area contributed by atoms with Crippen molar-refractivity contribution in [1.29, 1.82) is 0 Å². The first-order valence-corrected chi connectivity index (χ1v) is 6.95. The van der Waals surface area contributed by atoms with Crippen LogP contribution in [-0.4, -0.2) is 35.6 Å². The van der Waals surface area contributed by atoms with E-state index in [-0.39, 0.29) is 0 Å². The molecular formula is C14H27NO2. The minimum Gasteiger partial charge on any atom is -0.481 e. The molecule has 17 heavy (non-hydrogen) atoms. The van der Waals surface area contributed by atoms with Crippen molar-refractivity contribution in [2.24, 2.45) is 5.41 Å². The van der Waals surface area contributed by atoms with Crippen LogP contribution >= 0.6 is 0 Å². The number of carbonyl (C=O) groups is 1. The molecule has 1 unspecified atom stereocenters. The van der Waals surface area contributed by atoms with Gasteiger partial charge in [-0.25, -0.2) is 0 Å². The number of carboxylic acid groups (broad SMARTS) is 1. The second-order valence-corrected chi connectivity index (χ2v) is 5.67. The van der Waals surface area contributed by atoms with Crippen molar-refractivity contribution in [1.82, 2.24) is 4.90 Å². The maximum atomic E-state index is 11.6. The summed E-state index contributed by atoms with van der Waals surface area (Å²) in [5, 5.41) is 9.59. The van der Waals surface area contributed by atoms with E-state index in [4.69, 9.17) is 0 Å². The molecule has 100 valence electrons. The fourth-order valence-electron chi connectivity index (χ4n) is 2.79. The number of nitrogens with zero attached hydrogens (tertiary/aromatic N) is 1. The monoisotopic (exact) mass is 241 g/mol. The third-order valence-electron chi connectivity index (χ3n) is 4.41. The Morgan fingerprint density at radius 1 is 1.29 bits per heavy atom. The van der Waals surface area contributed by atoms with E-state index in [0.717, 1.165) is 32.1 Å². The molecule has 1 rings (SSSR count). The van der Waals surface area contributed by atoms with Crippen LogP contribution in [0.25, 0.3) is 0 Å². The summed E-state index contributed by atoms with van der Waals surface area (Å²) < 4.78 is 0. The zero-order valence-corrected chi connectivity index (χ0v) is 11.5. The van der Waals surface area contributed by atoms with Crippen molar-refractivity contribution in [2.45, 2.75) is 64.8 Å². The lowest BCUT2D eigenvalue weighted by Gasteiger charge is -2.35. The van der Waals surface area contributed by atoms with Gasteiger partial charge in [0.05, 0.1) is 5.41 Å². The van der Waals surface area contributed by atoms with Crippen molar-refractivity contribution in [3.63, 3.8) is 0 Å². The van der Waals surface area contributed by atoms with Gasteiger partial charge in [-0.15, -0.1) is 0 Å². The lowest BCUT2D eigenvalue weighted by molar-refractivity contribution is -0.151. The van der Waals surface area contributed by atoms with Crippen LogP contribution in [0.15, 0.2) is 0 Å². The SMILES string of the molecule is CCC(C)N(C)CC1(C(=O)O)CCCCCC1. The average Bonchev–Trinajstić information content (AvgIpc) is 2.54. The van der Waals surface area contributed by atoms with Gasteiger partial charge in [0.1, 0.15) is 0 Å². The summed E-state index contributed by atoms with van der Waals surface area (Å²) in [5.74, 6) is -0.588. The van der Waals surface area contributed by atoms with E-state index >= 15 is 0 Å². The summed E-state index contributed by atoms with van der Waals surface area (Å²) in [6, 6.07) is 0.467. The van der Waals surface area contributed by atoms with Gasteiger partial charge in [0.2, 0.25) is 0 Å². The highest BCUT2D eigenvalue weighted by atomic mass is 16.4. The molecule has 1 atom stereocenters. The second kappa shape index (κ2) is 6.39. The third kappa shape index (κ3) is 3.70. The molecule has 0 saturated heterocycles. The second-order valence-electron chi connectivity index (χ2n) is 5.67. The predicted molar refractivity (Wildman–Crippen MR) is 70.2 cm³/mol. The van der Waals surface area contributed by atoms with Gasteiger partial charge in [0.15, 0.2) is 0 Å². The Morgan fingerprint density at radius 3 is 2.24 bits per heavy atom. The van der Waals surface area contributed by atoms with E-state index in [2.05, 4.69) is 25.8 Å². The van der Waals surface area contributed by atoms with E-state index in [1.807, 2.05) is 0 Å². The van der Waals surface area contributed by atoms with E-state index < -0.39 is 11.4 Å². The summed E-state index contributed by atoms with van der Waals surface area (Å²) >= 11 is 0. The van der Waals surface area contributed by atoms with E-state index in [9.17, 15) is 9.90 Å². The standard InChI is InChI=1S/C14H27NO2/c1-4-12(2)15(3)11-14(13(16)17)9-7-5-6-8-10-14/h12H,4-11H2,1-3H3,(H,16,17). The first kappa shape index (κ1) is 14.5. The zero-order valence-electron chi connectivity index (χ0n) is 11.5. The minimum atomic E-state index is -0.588. The number of rotatable bonds is 5. The van der Waals surface area contributed by atoms with Gasteiger partial charge in [-0.2, -0.15) is 0 Å². The largest absolute Gasteiger partial charge is 0.481 e. The van der Waals surface area contributed by atoms with Crippen molar-refractivity contribution in [3.05, 3.63) is 0 Å². The number of hydrogen-bond donors (Lipinski definition) is 1. The molecule has 1 aliphatic carbocycles. The van der Waals surface area contributed by atoms with Crippen LogP contribution in [-0.2, 0) is 4.79 Å². The quantitative estimate of drug-likeness (QED) is 0.752. The molecule has 1 fully saturated rings. The van der Waals surface area contributed by atoms with E-state index in [1.165, 1.54) is 12.8 Å². The Hall–Kier alpha value is -0.570. The molecule has 0 spiro atoms. The van der Waals surface area contributed by atoms with Crippen LogP contribution in [0.3, 0.4) is 0 Å². The highest BCUT2D eigenvalue weighted by Gasteiger charge is 2.39. The summed E-state index contributed by atoms with van der Waals surface area (Å²) in [7, 11) is 2.06. The molecule has 0 heterocycles. The van der Waals surface area contributed by atoms with Gasteiger partial charge in [-0.05, 0) is 33.2 Å². The molecule has 1 aliphatic rings. The lowest BCUT2D eigenvalue weighted by Crippen LogP contribution is -2.44. The molecule has 0 aromatic carbocycles. The number of carboxylic acids is 1. The Bertz CT molecular complexity index is 245. The molecule has 3 nitrogen and oxygen atoms in total. The highest BCUT2D eigenvalue weighted by Crippen LogP contribution is 2.36. The Morgan fingerprint density at radius 2 is 1.82 bits per heavy atom. The lowest BCUT2D eigenvalue weighted by atomic mass is 9.79. The van der Waals surface area contributed by atoms with Crippen molar-refractivity contribution < 1.29 is 9.90 Å². The van der Waals surface area contributed by atoms with Gasteiger partial charge in [0, 0.05) is 12.6 Å². The van der Waals surface area contributed by atoms with Crippen LogP contribution in [0.1, 0.15) is 58.8 Å². The highest BCUT2D eigenvalue weighted by molar-refractivity contribution is 5.75. The summed E-state index contributed by atoms with van der Waals surface area (Å²) in [4.78, 5) is 13.9. The molecule has 0 amide bonds. The van der Waals surface area contributed by atoms with Crippen LogP contribution in [0.2, 0.25) is 0 Å². The van der Waals surface area contributed by atoms with Crippen LogP contribution < -0.4 is 0 Å². The number of hydrogen-bond acceptors (Lipinski definition) is 2. The molecule has 0 aromatic heterocycles. The van der Waals surface area contributed by atoms with Gasteiger partial charge in [-0.1, -0.05) is 32.6 Å². The van der Waals surface area contributed by atoms with E-state index in [1.54, 1.807) is 0 Å². The first-order valence-electron chi connectivity index (χ1n) is 6.95. The topological polar surface area (TPSA) is 40.5 Å². The maximum Gasteiger partial charge on any atom is 0.310 e. The zero-order chi connectivity index (χ0) is 12.9. The van der Waals surface area contributed by atoms with Crippen molar-refractivity contribution in [2.75, 3.05) is 13.6 Å². The normalized spacial score (nSPS) is 22.1. The van der Waals surface area contributed by atoms with Crippen LogP contribution in [0.5, 0.6) is 0 Å². The molecule has 0 radical (unpaired) electrons. The predicted octanol–water partition coefficient (Wildman–Crippen LogP) is 3.14. The molecule has 1 N–H and O–H groups in total. The molecule has 1 saturated carbocycles. The summed E-state index contributed by atoms with van der Waals surface area (Å²) in [6.07, 6.45) is 7.31. The summed E-state index contributed by atoms with van der Waals surface area (Å²) in [6.45, 7) is 5.03. The summed E-state index contributed by atoms with van der Waals surface area (Å²) in [5.41, 5.74) is -0.491. The van der Waals surface area contributed by atoms with Crippen molar-refractivity contribution in [3.8, 4) is 0 Å². The Kier molecular flexibility index (Phi) is 5.44. The molecular weight excluding hydrogens is 214 g/mol. The Balaban J connectivity index is 2.73. The van der Waals surface area contributed by atoms with Crippen LogP contribution in [0.4, 0.5) is 0 Å². The average molecular weight is 241 g/mol. The number of aliphatic carboxylic acids is 1. The molecule has 0 aromatic rings.